The lowest BCUT2D eigenvalue weighted by Crippen LogP contribution is -2.18. The highest BCUT2D eigenvalue weighted by Gasteiger charge is 2.06. The Morgan fingerprint density at radius 2 is 2.25 bits per heavy atom. The van der Waals surface area contributed by atoms with Crippen LogP contribution in [0.4, 0.5) is 0 Å². The van der Waals surface area contributed by atoms with E-state index in [2.05, 4.69) is 37.4 Å². The summed E-state index contributed by atoms with van der Waals surface area (Å²) in [6.07, 6.45) is 3.89. The normalized spacial score (nSPS) is 12.3. The molecule has 3 heteroatoms. The maximum Gasteiger partial charge on any atom is 0.0621 e. The Morgan fingerprint density at radius 3 is 2.88 bits per heavy atom. The number of unbranched alkanes of at least 4 members (excludes halogenated alkanes) is 2. The van der Waals surface area contributed by atoms with Crippen LogP contribution in [0.1, 0.15) is 48.9 Å². The smallest absolute Gasteiger partial charge is 0.0621 e. The minimum Gasteiger partial charge on any atom is -0.309 e. The van der Waals surface area contributed by atoms with E-state index in [9.17, 15) is 0 Å². The van der Waals surface area contributed by atoms with Crippen molar-refractivity contribution in [3.05, 3.63) is 21.9 Å². The van der Waals surface area contributed by atoms with Crippen molar-refractivity contribution >= 4 is 11.3 Å². The molecule has 0 saturated carbocycles. The number of nitriles is 1. The molecule has 1 heterocycles. The van der Waals surface area contributed by atoms with E-state index in [1.807, 2.05) is 11.3 Å². The molecule has 0 fully saturated rings. The lowest BCUT2D eigenvalue weighted by molar-refractivity contribution is 0.555. The van der Waals surface area contributed by atoms with E-state index < -0.39 is 0 Å². The molecule has 1 rings (SSSR count). The van der Waals surface area contributed by atoms with E-state index >= 15 is 0 Å². The van der Waals surface area contributed by atoms with E-state index in [4.69, 9.17) is 5.26 Å². The van der Waals surface area contributed by atoms with Crippen LogP contribution in [-0.4, -0.2) is 6.54 Å². The highest BCUT2D eigenvalue weighted by atomic mass is 32.1. The van der Waals surface area contributed by atoms with Crippen LogP contribution in [0.2, 0.25) is 0 Å². The Hall–Kier alpha value is -0.850. The molecule has 0 aromatic carbocycles. The van der Waals surface area contributed by atoms with Gasteiger partial charge in [-0.25, -0.2) is 0 Å². The number of nitrogens with one attached hydrogen (secondary N) is 1. The van der Waals surface area contributed by atoms with Crippen LogP contribution in [0, 0.1) is 11.3 Å². The van der Waals surface area contributed by atoms with Crippen LogP contribution >= 0.6 is 11.3 Å². The maximum absolute atomic E-state index is 8.41. The first kappa shape index (κ1) is 13.2. The topological polar surface area (TPSA) is 35.8 Å². The molecule has 88 valence electrons. The van der Waals surface area contributed by atoms with Crippen molar-refractivity contribution in [1.82, 2.24) is 5.32 Å². The van der Waals surface area contributed by atoms with E-state index in [1.165, 1.54) is 9.75 Å². The van der Waals surface area contributed by atoms with Gasteiger partial charge in [-0.2, -0.15) is 5.26 Å². The fourth-order valence-electron chi connectivity index (χ4n) is 1.57. The highest BCUT2D eigenvalue weighted by molar-refractivity contribution is 7.12. The summed E-state index contributed by atoms with van der Waals surface area (Å²) in [4.78, 5) is 2.87. The zero-order chi connectivity index (χ0) is 11.8. The van der Waals surface area contributed by atoms with E-state index in [1.54, 1.807) is 0 Å². The van der Waals surface area contributed by atoms with Gasteiger partial charge in [0.05, 0.1) is 6.07 Å². The fourth-order valence-corrected chi connectivity index (χ4v) is 2.54. The molecular weight excluding hydrogens is 216 g/mol. The van der Waals surface area contributed by atoms with Gasteiger partial charge in [0, 0.05) is 22.2 Å². The molecule has 1 atom stereocenters. The molecule has 0 spiro atoms. The van der Waals surface area contributed by atoms with Crippen LogP contribution in [0.25, 0.3) is 0 Å². The van der Waals surface area contributed by atoms with Crippen molar-refractivity contribution in [3.8, 4) is 6.07 Å². The van der Waals surface area contributed by atoms with E-state index in [-0.39, 0.29) is 0 Å². The van der Waals surface area contributed by atoms with E-state index in [0.717, 1.165) is 25.8 Å². The Balaban J connectivity index is 2.24. The third-order valence-corrected chi connectivity index (χ3v) is 4.04. The Kier molecular flexibility index (Phi) is 6.14. The van der Waals surface area contributed by atoms with Crippen molar-refractivity contribution in [2.45, 2.75) is 45.6 Å². The molecule has 2 nitrogen and oxygen atoms in total. The molecule has 0 aliphatic carbocycles. The van der Waals surface area contributed by atoms with Crippen LogP contribution < -0.4 is 5.32 Å². The molecule has 1 unspecified atom stereocenters. The minimum absolute atomic E-state index is 0.437. The number of thiophene rings is 1. The molecular formula is C13H20N2S. The predicted molar refractivity (Wildman–Crippen MR) is 69.6 cm³/mol. The Labute approximate surface area is 102 Å². The lowest BCUT2D eigenvalue weighted by Gasteiger charge is -2.11. The molecule has 0 aliphatic rings. The summed E-state index contributed by atoms with van der Waals surface area (Å²) in [5, 5.41) is 11.9. The van der Waals surface area contributed by atoms with Crippen molar-refractivity contribution in [3.63, 3.8) is 0 Å². The van der Waals surface area contributed by atoms with Gasteiger partial charge in [0.15, 0.2) is 0 Å². The molecule has 1 N–H and O–H groups in total. The molecule has 0 amide bonds. The summed E-state index contributed by atoms with van der Waals surface area (Å²) in [6, 6.07) is 7.04. The summed E-state index contributed by atoms with van der Waals surface area (Å²) in [5.74, 6) is 0. The van der Waals surface area contributed by atoms with Crippen LogP contribution in [-0.2, 0) is 6.42 Å². The molecule has 1 aromatic rings. The Morgan fingerprint density at radius 1 is 1.44 bits per heavy atom. The molecule has 16 heavy (non-hydrogen) atoms. The second-order valence-electron chi connectivity index (χ2n) is 3.95. The molecule has 0 radical (unpaired) electrons. The summed E-state index contributed by atoms with van der Waals surface area (Å²) in [6.45, 7) is 5.40. The monoisotopic (exact) mass is 236 g/mol. The first-order valence-electron chi connectivity index (χ1n) is 5.97. The number of hydrogen-bond acceptors (Lipinski definition) is 3. The quantitative estimate of drug-likeness (QED) is 0.733. The van der Waals surface area contributed by atoms with Gasteiger partial charge >= 0.3 is 0 Å². The second-order valence-corrected chi connectivity index (χ2v) is 5.15. The number of rotatable bonds is 7. The van der Waals surface area contributed by atoms with Gasteiger partial charge in [0.25, 0.3) is 0 Å². The Bertz CT molecular complexity index is 338. The molecule has 1 aromatic heterocycles. The van der Waals surface area contributed by atoms with Gasteiger partial charge in [-0.3, -0.25) is 0 Å². The van der Waals surface area contributed by atoms with Gasteiger partial charge < -0.3 is 5.32 Å². The third kappa shape index (κ3) is 4.34. The van der Waals surface area contributed by atoms with Crippen LogP contribution in [0.5, 0.6) is 0 Å². The van der Waals surface area contributed by atoms with Gasteiger partial charge in [0.1, 0.15) is 0 Å². The van der Waals surface area contributed by atoms with E-state index in [0.29, 0.717) is 12.5 Å². The predicted octanol–water partition coefficient (Wildman–Crippen LogP) is 3.65. The lowest BCUT2D eigenvalue weighted by atomic mass is 10.2. The van der Waals surface area contributed by atoms with Gasteiger partial charge in [-0.15, -0.1) is 11.3 Å². The molecule has 0 bridgehead atoms. The fraction of sp³-hybridized carbons (Fsp3) is 0.615. The van der Waals surface area contributed by atoms with Crippen molar-refractivity contribution < 1.29 is 0 Å². The largest absolute Gasteiger partial charge is 0.309 e. The first-order chi connectivity index (χ1) is 7.77. The summed E-state index contributed by atoms with van der Waals surface area (Å²) in [5.41, 5.74) is 0. The second kappa shape index (κ2) is 7.43. The zero-order valence-electron chi connectivity index (χ0n) is 10.1. The number of aryl methyl sites for hydroxylation is 1. The summed E-state index contributed by atoms with van der Waals surface area (Å²) < 4.78 is 0. The van der Waals surface area contributed by atoms with Crippen LogP contribution in [0.3, 0.4) is 0 Å². The van der Waals surface area contributed by atoms with Crippen LogP contribution in [0.15, 0.2) is 12.1 Å². The van der Waals surface area contributed by atoms with Crippen molar-refractivity contribution in [2.24, 2.45) is 0 Å². The standard InChI is InChI=1S/C13H20N2S/c1-3-12-7-8-13(16-12)11(2)15-10-6-4-5-9-14/h7-8,11,15H,3-6,10H2,1-2H3. The van der Waals surface area contributed by atoms with Gasteiger partial charge in [-0.05, 0) is 44.9 Å². The molecule has 0 aliphatic heterocycles. The zero-order valence-corrected chi connectivity index (χ0v) is 10.9. The average molecular weight is 236 g/mol. The molecule has 0 saturated heterocycles. The average Bonchev–Trinajstić information content (AvgIpc) is 2.77. The highest BCUT2D eigenvalue weighted by Crippen LogP contribution is 2.23. The van der Waals surface area contributed by atoms with Gasteiger partial charge in [-0.1, -0.05) is 6.92 Å². The van der Waals surface area contributed by atoms with Gasteiger partial charge in [0.2, 0.25) is 0 Å². The number of hydrogen-bond donors (Lipinski definition) is 1. The minimum atomic E-state index is 0.437. The SMILES string of the molecule is CCc1ccc(C(C)NCCCCC#N)s1. The third-order valence-electron chi connectivity index (χ3n) is 2.62. The van der Waals surface area contributed by atoms with Crippen molar-refractivity contribution in [1.29, 1.82) is 5.26 Å². The summed E-state index contributed by atoms with van der Waals surface area (Å²) >= 11 is 1.89. The maximum atomic E-state index is 8.41. The first-order valence-corrected chi connectivity index (χ1v) is 6.78. The summed E-state index contributed by atoms with van der Waals surface area (Å²) in [7, 11) is 0. The van der Waals surface area contributed by atoms with Crippen molar-refractivity contribution in [2.75, 3.05) is 6.54 Å². The number of nitrogens with zero attached hydrogens (tertiary/aromatic N) is 1.